The molecule has 0 aliphatic rings. The molecule has 0 N–H and O–H groups in total. The maximum absolute atomic E-state index is 4.88. The Balaban J connectivity index is -0.0000000550. The summed E-state index contributed by atoms with van der Waals surface area (Å²) in [7, 11) is 0. The standard InChI is InChI=1S/C7H4NO.C2H6.4ClH.Zr/c1-2-4-7-6(3-1)8-5-9-7;1-2;;;;;/h1-4H;1-2H3;4*1H;/q-1;;;;;;+4/p-4. The van der Waals surface area contributed by atoms with E-state index in [2.05, 4.69) is 11.4 Å². The number of fused-ring (bicyclic) bond motifs is 1. The number of oxazole rings is 1. The van der Waals surface area contributed by atoms with Gasteiger partial charge in [0.05, 0.1) is 0 Å². The summed E-state index contributed by atoms with van der Waals surface area (Å²) in [4.78, 5) is 3.83. The van der Waals surface area contributed by atoms with Crippen LogP contribution in [0.3, 0.4) is 0 Å². The normalized spacial score (nSPS) is 6.12. The van der Waals surface area contributed by atoms with Gasteiger partial charge in [-0.25, -0.2) is 0 Å². The Hall–Kier alpha value is 0.733. The van der Waals surface area contributed by atoms with Gasteiger partial charge in [0.1, 0.15) is 6.39 Å². The zero-order valence-corrected chi connectivity index (χ0v) is 14.2. The molecule has 1 aromatic heterocycles. The molecule has 0 aliphatic heterocycles. The second kappa shape index (κ2) is 18.1. The Morgan fingerprint density at radius 1 is 1.00 bits per heavy atom. The summed E-state index contributed by atoms with van der Waals surface area (Å²) >= 11 is 0. The molecule has 90 valence electrons. The van der Waals surface area contributed by atoms with Crippen LogP contribution in [-0.4, -0.2) is 4.98 Å². The smallest absolute Gasteiger partial charge is 1.00 e. The minimum absolute atomic E-state index is 0. The maximum atomic E-state index is 4.88. The Morgan fingerprint density at radius 3 is 2.00 bits per heavy atom. The predicted octanol–water partition coefficient (Wildman–Crippen LogP) is -9.33. The van der Waals surface area contributed by atoms with Gasteiger partial charge in [-0.15, -0.1) is 6.07 Å². The number of rotatable bonds is 0. The van der Waals surface area contributed by atoms with Crippen molar-refractivity contribution in [3.63, 3.8) is 0 Å². The summed E-state index contributed by atoms with van der Waals surface area (Å²) in [6, 6.07) is 7.56. The van der Waals surface area contributed by atoms with Gasteiger partial charge in [-0.05, 0) is 11.1 Å². The van der Waals surface area contributed by atoms with Crippen LogP contribution in [0.4, 0.5) is 0 Å². The van der Waals surface area contributed by atoms with Gasteiger partial charge in [0, 0.05) is 0 Å². The van der Waals surface area contributed by atoms with Crippen LogP contribution in [0, 0.1) is 6.39 Å². The molecule has 0 saturated heterocycles. The van der Waals surface area contributed by atoms with Crippen LogP contribution >= 0.6 is 0 Å². The fourth-order valence-corrected chi connectivity index (χ4v) is 0.757. The number of nitrogens with zero attached hydrogens (tertiary/aromatic N) is 1. The van der Waals surface area contributed by atoms with Crippen molar-refractivity contribution in [1.29, 1.82) is 0 Å². The van der Waals surface area contributed by atoms with Gasteiger partial charge in [-0.1, -0.05) is 32.0 Å². The van der Waals surface area contributed by atoms with Crippen molar-refractivity contribution in [1.82, 2.24) is 4.98 Å². The van der Waals surface area contributed by atoms with Gasteiger partial charge in [0.2, 0.25) is 0 Å². The summed E-state index contributed by atoms with van der Waals surface area (Å²) in [6.07, 6.45) is 2.41. The minimum Gasteiger partial charge on any atom is -1.00 e. The van der Waals surface area contributed by atoms with Crippen molar-refractivity contribution in [3.8, 4) is 0 Å². The van der Waals surface area contributed by atoms with Crippen LogP contribution in [0.15, 0.2) is 28.7 Å². The predicted molar refractivity (Wildman–Crippen MR) is 44.2 cm³/mol. The molecule has 0 spiro atoms. The van der Waals surface area contributed by atoms with Gasteiger partial charge in [0.15, 0.2) is 0 Å². The molecule has 2 aromatic rings. The molecule has 0 fully saturated rings. The van der Waals surface area contributed by atoms with Crippen LogP contribution in [0.25, 0.3) is 11.1 Å². The van der Waals surface area contributed by atoms with Gasteiger partial charge >= 0.3 is 26.2 Å². The monoisotopic (exact) mass is 378 g/mol. The van der Waals surface area contributed by atoms with Crippen molar-refractivity contribution in [2.24, 2.45) is 0 Å². The zero-order valence-electron chi connectivity index (χ0n) is 8.68. The number of halogens is 4. The Bertz CT molecular complexity index is 301. The SMILES string of the molecule is CC.[Cl-].[Cl-].[Cl-].[Cl-].[Zr+4].[c-]1nc2ccccc2o1. The fourth-order valence-electron chi connectivity index (χ4n) is 0.757. The number of benzene rings is 1. The van der Waals surface area contributed by atoms with Crippen molar-refractivity contribution >= 4 is 11.1 Å². The Kier molecular flexibility index (Phi) is 34.1. The average molecular weight is 381 g/mol. The van der Waals surface area contributed by atoms with Gasteiger partial charge in [-0.2, -0.15) is 0 Å². The first-order valence-electron chi connectivity index (χ1n) is 3.68. The van der Waals surface area contributed by atoms with Crippen molar-refractivity contribution in [3.05, 3.63) is 30.7 Å². The molecule has 0 amide bonds. The molecule has 0 atom stereocenters. The number of aromatic nitrogens is 1. The first-order chi connectivity index (χ1) is 5.47. The van der Waals surface area contributed by atoms with Gasteiger partial charge in [0.25, 0.3) is 0 Å². The third kappa shape index (κ3) is 8.84. The molecule has 2 rings (SSSR count). The largest absolute Gasteiger partial charge is 4.00 e. The van der Waals surface area contributed by atoms with Crippen LogP contribution < -0.4 is 49.6 Å². The van der Waals surface area contributed by atoms with E-state index < -0.39 is 0 Å². The van der Waals surface area contributed by atoms with E-state index in [9.17, 15) is 0 Å². The maximum Gasteiger partial charge on any atom is 4.00 e. The van der Waals surface area contributed by atoms with E-state index >= 15 is 0 Å². The molecule has 0 radical (unpaired) electrons. The Labute approximate surface area is 140 Å². The fraction of sp³-hybridized carbons (Fsp3) is 0.222. The van der Waals surface area contributed by atoms with E-state index in [1.165, 1.54) is 0 Å². The van der Waals surface area contributed by atoms with Crippen LogP contribution in [-0.2, 0) is 26.2 Å². The quantitative estimate of drug-likeness (QED) is 0.424. The van der Waals surface area contributed by atoms with Gasteiger partial charge in [-0.3, -0.25) is 0 Å². The topological polar surface area (TPSA) is 26.0 Å². The summed E-state index contributed by atoms with van der Waals surface area (Å²) in [5, 5.41) is 0. The zero-order chi connectivity index (χ0) is 8.10. The van der Waals surface area contributed by atoms with Crippen molar-refractivity contribution in [2.45, 2.75) is 13.8 Å². The van der Waals surface area contributed by atoms with Crippen molar-refractivity contribution < 1.29 is 80.2 Å². The second-order valence-corrected chi connectivity index (χ2v) is 1.77. The number of hydrogen-bond donors (Lipinski definition) is 0. The molecular weight excluding hydrogens is 371 g/mol. The summed E-state index contributed by atoms with van der Waals surface area (Å²) in [5.74, 6) is 0. The molecule has 0 saturated carbocycles. The average Bonchev–Trinajstić information content (AvgIpc) is 2.55. The molecule has 1 heterocycles. The molecule has 2 nitrogen and oxygen atoms in total. The summed E-state index contributed by atoms with van der Waals surface area (Å²) in [5.41, 5.74) is 1.65. The molecule has 0 bridgehead atoms. The molecular formula is C9H10Cl4NOZr-. The minimum atomic E-state index is 0. The third-order valence-corrected chi connectivity index (χ3v) is 1.19. The van der Waals surface area contributed by atoms with E-state index in [0.717, 1.165) is 11.1 Å². The molecule has 0 unspecified atom stereocenters. The van der Waals surface area contributed by atoms with Crippen molar-refractivity contribution in [2.75, 3.05) is 0 Å². The van der Waals surface area contributed by atoms with Crippen LogP contribution in [0.5, 0.6) is 0 Å². The van der Waals surface area contributed by atoms with Crippen LogP contribution in [0.2, 0.25) is 0 Å². The molecule has 1 aromatic carbocycles. The van der Waals surface area contributed by atoms with E-state index in [0.29, 0.717) is 0 Å². The van der Waals surface area contributed by atoms with E-state index in [1.807, 2.05) is 38.1 Å². The second-order valence-electron chi connectivity index (χ2n) is 1.77. The van der Waals surface area contributed by atoms with E-state index in [1.54, 1.807) is 0 Å². The van der Waals surface area contributed by atoms with Gasteiger partial charge < -0.3 is 59.0 Å². The molecule has 0 aliphatic carbocycles. The van der Waals surface area contributed by atoms with E-state index in [-0.39, 0.29) is 75.8 Å². The number of hydrogen-bond acceptors (Lipinski definition) is 2. The first kappa shape index (κ1) is 30.1. The molecule has 7 heteroatoms. The third-order valence-electron chi connectivity index (χ3n) is 1.19. The first-order valence-corrected chi connectivity index (χ1v) is 3.68. The molecule has 16 heavy (non-hydrogen) atoms. The Morgan fingerprint density at radius 2 is 1.50 bits per heavy atom. The summed E-state index contributed by atoms with van der Waals surface area (Å²) < 4.78 is 4.88. The summed E-state index contributed by atoms with van der Waals surface area (Å²) in [6.45, 7) is 4.00. The van der Waals surface area contributed by atoms with Crippen LogP contribution in [0.1, 0.15) is 13.8 Å². The van der Waals surface area contributed by atoms with E-state index in [4.69, 9.17) is 4.42 Å². The number of para-hydroxylation sites is 2.